The third-order valence-corrected chi connectivity index (χ3v) is 3.28. The lowest BCUT2D eigenvalue weighted by atomic mass is 9.82. The van der Waals surface area contributed by atoms with Crippen LogP contribution in [0.15, 0.2) is 24.3 Å². The van der Waals surface area contributed by atoms with Gasteiger partial charge in [0, 0.05) is 6.04 Å². The maximum Gasteiger partial charge on any atom is 0.404 e. The number of hydrogen-bond donors (Lipinski definition) is 3. The van der Waals surface area contributed by atoms with Crippen LogP contribution >= 0.6 is 0 Å². The SMILES string of the molecule is COc1cccc(C(O)CC(NC(=O)O)C(C)(C)C)c1. The average molecular weight is 281 g/mol. The summed E-state index contributed by atoms with van der Waals surface area (Å²) in [6, 6.07) is 6.81. The molecular weight excluding hydrogens is 258 g/mol. The van der Waals surface area contributed by atoms with E-state index < -0.39 is 12.2 Å². The largest absolute Gasteiger partial charge is 0.497 e. The molecule has 1 aromatic carbocycles. The van der Waals surface area contributed by atoms with Crippen molar-refractivity contribution < 1.29 is 19.7 Å². The molecule has 5 heteroatoms. The molecule has 0 bridgehead atoms. The topological polar surface area (TPSA) is 78.8 Å². The van der Waals surface area contributed by atoms with E-state index in [0.717, 1.165) is 0 Å². The van der Waals surface area contributed by atoms with E-state index in [9.17, 15) is 9.90 Å². The van der Waals surface area contributed by atoms with Crippen molar-refractivity contribution in [3.63, 3.8) is 0 Å². The van der Waals surface area contributed by atoms with Crippen LogP contribution in [0.25, 0.3) is 0 Å². The van der Waals surface area contributed by atoms with E-state index in [2.05, 4.69) is 5.32 Å². The number of aliphatic hydroxyl groups is 1. The lowest BCUT2D eigenvalue weighted by molar-refractivity contribution is 0.114. The number of carboxylic acid groups (broad SMARTS) is 1. The van der Waals surface area contributed by atoms with E-state index in [1.165, 1.54) is 0 Å². The first-order valence-corrected chi connectivity index (χ1v) is 6.55. The first-order chi connectivity index (χ1) is 9.24. The average Bonchev–Trinajstić information content (AvgIpc) is 2.36. The van der Waals surface area contributed by atoms with Gasteiger partial charge < -0.3 is 20.3 Å². The second-order valence-electron chi connectivity index (χ2n) is 5.90. The first kappa shape index (κ1) is 16.3. The maximum absolute atomic E-state index is 10.9. The van der Waals surface area contributed by atoms with Crippen LogP contribution in [0.4, 0.5) is 4.79 Å². The first-order valence-electron chi connectivity index (χ1n) is 6.55. The number of hydrogen-bond acceptors (Lipinski definition) is 3. The van der Waals surface area contributed by atoms with Crippen molar-refractivity contribution in [1.82, 2.24) is 5.32 Å². The van der Waals surface area contributed by atoms with E-state index in [1.54, 1.807) is 31.4 Å². The monoisotopic (exact) mass is 281 g/mol. The van der Waals surface area contributed by atoms with E-state index in [-0.39, 0.29) is 11.5 Å². The number of carbonyl (C=O) groups is 1. The van der Waals surface area contributed by atoms with Crippen molar-refractivity contribution in [1.29, 1.82) is 0 Å². The van der Waals surface area contributed by atoms with Crippen molar-refractivity contribution in [2.45, 2.75) is 39.3 Å². The van der Waals surface area contributed by atoms with Gasteiger partial charge in [-0.3, -0.25) is 0 Å². The Morgan fingerprint density at radius 1 is 1.40 bits per heavy atom. The highest BCUT2D eigenvalue weighted by Crippen LogP contribution is 2.29. The maximum atomic E-state index is 10.9. The fraction of sp³-hybridized carbons (Fsp3) is 0.533. The molecule has 0 saturated carbocycles. The van der Waals surface area contributed by atoms with Crippen molar-refractivity contribution >= 4 is 6.09 Å². The molecule has 0 saturated heterocycles. The highest BCUT2D eigenvalue weighted by Gasteiger charge is 2.29. The molecule has 20 heavy (non-hydrogen) atoms. The molecule has 0 fully saturated rings. The summed E-state index contributed by atoms with van der Waals surface area (Å²) in [4.78, 5) is 10.9. The molecule has 0 spiro atoms. The van der Waals surface area contributed by atoms with Gasteiger partial charge in [-0.25, -0.2) is 4.79 Å². The third-order valence-electron chi connectivity index (χ3n) is 3.28. The minimum Gasteiger partial charge on any atom is -0.497 e. The summed E-state index contributed by atoms with van der Waals surface area (Å²) in [5.41, 5.74) is 0.434. The molecule has 0 aromatic heterocycles. The fourth-order valence-electron chi connectivity index (χ4n) is 1.99. The molecule has 3 N–H and O–H groups in total. The number of benzene rings is 1. The van der Waals surface area contributed by atoms with Gasteiger partial charge in [-0.1, -0.05) is 32.9 Å². The van der Waals surface area contributed by atoms with Crippen LogP contribution in [0.2, 0.25) is 0 Å². The van der Waals surface area contributed by atoms with Gasteiger partial charge in [0.1, 0.15) is 5.75 Å². The summed E-state index contributed by atoms with van der Waals surface area (Å²) in [5.74, 6) is 0.667. The van der Waals surface area contributed by atoms with Gasteiger partial charge in [-0.2, -0.15) is 0 Å². The molecular formula is C15H23NO4. The fourth-order valence-corrected chi connectivity index (χ4v) is 1.99. The van der Waals surface area contributed by atoms with Crippen LogP contribution in [0.5, 0.6) is 5.75 Å². The van der Waals surface area contributed by atoms with Crippen molar-refractivity contribution in [3.05, 3.63) is 29.8 Å². The highest BCUT2D eigenvalue weighted by atomic mass is 16.5. The van der Waals surface area contributed by atoms with Gasteiger partial charge in [-0.15, -0.1) is 0 Å². The van der Waals surface area contributed by atoms with Gasteiger partial charge in [-0.05, 0) is 29.5 Å². The predicted molar refractivity (Wildman–Crippen MR) is 77.0 cm³/mol. The Bertz CT molecular complexity index is 453. The zero-order valence-electron chi connectivity index (χ0n) is 12.4. The zero-order chi connectivity index (χ0) is 15.3. The minimum atomic E-state index is -1.08. The molecule has 0 aliphatic heterocycles. The molecule has 2 unspecified atom stereocenters. The number of rotatable bonds is 5. The Labute approximate surface area is 119 Å². The summed E-state index contributed by atoms with van der Waals surface area (Å²) in [6.45, 7) is 5.81. The van der Waals surface area contributed by atoms with Gasteiger partial charge >= 0.3 is 6.09 Å². The Kier molecular flexibility index (Phi) is 5.39. The molecule has 1 aromatic rings. The molecule has 2 atom stereocenters. The molecule has 0 heterocycles. The summed E-state index contributed by atoms with van der Waals surface area (Å²) in [7, 11) is 1.56. The molecule has 0 aliphatic carbocycles. The summed E-state index contributed by atoms with van der Waals surface area (Å²) in [6.07, 6.45) is -1.52. The predicted octanol–water partition coefficient (Wildman–Crippen LogP) is 2.80. The van der Waals surface area contributed by atoms with Crippen LogP contribution in [-0.4, -0.2) is 29.5 Å². The molecule has 0 radical (unpaired) electrons. The van der Waals surface area contributed by atoms with E-state index >= 15 is 0 Å². The van der Waals surface area contributed by atoms with E-state index in [0.29, 0.717) is 17.7 Å². The lowest BCUT2D eigenvalue weighted by Gasteiger charge is -2.32. The zero-order valence-corrected chi connectivity index (χ0v) is 12.4. The molecule has 1 amide bonds. The van der Waals surface area contributed by atoms with Gasteiger partial charge in [0.05, 0.1) is 13.2 Å². The minimum absolute atomic E-state index is 0.280. The smallest absolute Gasteiger partial charge is 0.404 e. The lowest BCUT2D eigenvalue weighted by Crippen LogP contribution is -2.44. The summed E-state index contributed by atoms with van der Waals surface area (Å²) in [5, 5.41) is 21.7. The second-order valence-corrected chi connectivity index (χ2v) is 5.90. The van der Waals surface area contributed by atoms with Crippen LogP contribution < -0.4 is 10.1 Å². The number of ether oxygens (including phenoxy) is 1. The number of methoxy groups -OCH3 is 1. The Hall–Kier alpha value is -1.75. The van der Waals surface area contributed by atoms with E-state index in [1.807, 2.05) is 20.8 Å². The van der Waals surface area contributed by atoms with Crippen LogP contribution in [-0.2, 0) is 0 Å². The van der Waals surface area contributed by atoms with Crippen LogP contribution in [0, 0.1) is 5.41 Å². The van der Waals surface area contributed by atoms with Gasteiger partial charge in [0.2, 0.25) is 0 Å². The summed E-state index contributed by atoms with van der Waals surface area (Å²) >= 11 is 0. The van der Waals surface area contributed by atoms with E-state index in [4.69, 9.17) is 9.84 Å². The molecule has 1 rings (SSSR count). The molecule has 0 aliphatic rings. The Balaban J connectivity index is 2.84. The van der Waals surface area contributed by atoms with Crippen molar-refractivity contribution in [2.75, 3.05) is 7.11 Å². The van der Waals surface area contributed by atoms with Crippen molar-refractivity contribution in [2.24, 2.45) is 5.41 Å². The van der Waals surface area contributed by atoms with Gasteiger partial charge in [0.25, 0.3) is 0 Å². The molecule has 112 valence electrons. The Morgan fingerprint density at radius 3 is 2.55 bits per heavy atom. The molecule has 5 nitrogen and oxygen atoms in total. The highest BCUT2D eigenvalue weighted by molar-refractivity contribution is 5.65. The van der Waals surface area contributed by atoms with Crippen molar-refractivity contribution in [3.8, 4) is 5.75 Å². The standard InChI is InChI=1S/C15H23NO4/c1-15(2,3)13(16-14(18)19)9-12(17)10-6-5-7-11(8-10)20-4/h5-8,12-13,16-17H,9H2,1-4H3,(H,18,19). The number of aliphatic hydroxyl groups excluding tert-OH is 1. The van der Waals surface area contributed by atoms with Crippen LogP contribution in [0.1, 0.15) is 38.9 Å². The second kappa shape index (κ2) is 6.61. The summed E-state index contributed by atoms with van der Waals surface area (Å²) < 4.78 is 5.12. The number of amides is 1. The quantitative estimate of drug-likeness (QED) is 0.775. The Morgan fingerprint density at radius 2 is 2.05 bits per heavy atom. The third kappa shape index (κ3) is 4.74. The van der Waals surface area contributed by atoms with Gasteiger partial charge in [0.15, 0.2) is 0 Å². The van der Waals surface area contributed by atoms with Crippen LogP contribution in [0.3, 0.4) is 0 Å². The number of nitrogens with one attached hydrogen (secondary N) is 1. The normalized spacial score (nSPS) is 14.4.